The van der Waals surface area contributed by atoms with Crippen LogP contribution in [0.4, 0.5) is 4.39 Å². The molecule has 1 saturated heterocycles. The summed E-state index contributed by atoms with van der Waals surface area (Å²) in [5.74, 6) is -0.303. The molecule has 2 rings (SSSR count). The van der Waals surface area contributed by atoms with Crippen molar-refractivity contribution in [1.29, 1.82) is 0 Å². The average Bonchev–Trinajstić information content (AvgIpc) is 2.25. The summed E-state index contributed by atoms with van der Waals surface area (Å²) in [6.07, 6.45) is 1.44. The molecule has 0 bridgehead atoms. The first-order chi connectivity index (χ1) is 7.65. The van der Waals surface area contributed by atoms with Crippen LogP contribution in [0.2, 0.25) is 5.02 Å². The smallest absolute Gasteiger partial charge is 0.124 e. The van der Waals surface area contributed by atoms with Crippen LogP contribution < -0.4 is 0 Å². The molecule has 0 spiro atoms. The van der Waals surface area contributed by atoms with Crippen LogP contribution in [-0.2, 0) is 6.54 Å². The Balaban J connectivity index is 1.98. The third-order valence-electron chi connectivity index (χ3n) is 2.97. The van der Waals surface area contributed by atoms with Gasteiger partial charge in [-0.3, -0.25) is 4.90 Å². The number of likely N-dealkylation sites (tertiary alicyclic amines) is 1. The fourth-order valence-corrected chi connectivity index (χ4v) is 2.20. The third-order valence-corrected chi connectivity index (χ3v) is 3.32. The van der Waals surface area contributed by atoms with Crippen molar-refractivity contribution in [3.05, 3.63) is 34.6 Å². The van der Waals surface area contributed by atoms with Crippen molar-refractivity contribution in [1.82, 2.24) is 4.90 Å². The van der Waals surface area contributed by atoms with Gasteiger partial charge in [-0.05, 0) is 30.5 Å². The number of aliphatic hydroxyl groups excluding tert-OH is 1. The van der Waals surface area contributed by atoms with Gasteiger partial charge in [0, 0.05) is 24.7 Å². The second-order valence-corrected chi connectivity index (χ2v) is 4.65. The third kappa shape index (κ3) is 2.94. The predicted molar refractivity (Wildman–Crippen MR) is 61.9 cm³/mol. The molecule has 0 aromatic heterocycles. The largest absolute Gasteiger partial charge is 0.393 e. The Morgan fingerprint density at radius 1 is 1.38 bits per heavy atom. The van der Waals surface area contributed by atoms with Gasteiger partial charge in [0.15, 0.2) is 0 Å². The summed E-state index contributed by atoms with van der Waals surface area (Å²) < 4.78 is 12.8. The van der Waals surface area contributed by atoms with E-state index in [0.29, 0.717) is 5.02 Å². The summed E-state index contributed by atoms with van der Waals surface area (Å²) in [5.41, 5.74) is 0.944. The molecule has 1 aromatic rings. The molecule has 0 saturated carbocycles. The minimum Gasteiger partial charge on any atom is -0.393 e. The van der Waals surface area contributed by atoms with E-state index in [-0.39, 0.29) is 11.9 Å². The van der Waals surface area contributed by atoms with Gasteiger partial charge in [0.2, 0.25) is 0 Å². The summed E-state index contributed by atoms with van der Waals surface area (Å²) in [6, 6.07) is 4.50. The summed E-state index contributed by atoms with van der Waals surface area (Å²) in [7, 11) is 0. The van der Waals surface area contributed by atoms with Crippen LogP contribution in [0.1, 0.15) is 18.4 Å². The average molecular weight is 244 g/mol. The molecule has 0 atom stereocenters. The van der Waals surface area contributed by atoms with E-state index in [1.807, 2.05) is 0 Å². The lowest BCUT2D eigenvalue weighted by Crippen LogP contribution is -2.35. The van der Waals surface area contributed by atoms with Crippen molar-refractivity contribution in [2.45, 2.75) is 25.5 Å². The fourth-order valence-electron chi connectivity index (χ4n) is 1.97. The first kappa shape index (κ1) is 11.8. The minimum absolute atomic E-state index is 0.167. The first-order valence-electron chi connectivity index (χ1n) is 5.49. The maximum atomic E-state index is 12.8. The minimum atomic E-state index is -0.303. The molecule has 0 amide bonds. The molecular formula is C12H15ClFNO. The monoisotopic (exact) mass is 243 g/mol. The highest BCUT2D eigenvalue weighted by molar-refractivity contribution is 6.31. The van der Waals surface area contributed by atoms with E-state index in [4.69, 9.17) is 11.6 Å². The summed E-state index contributed by atoms with van der Waals surface area (Å²) in [4.78, 5) is 2.23. The quantitative estimate of drug-likeness (QED) is 0.863. The zero-order chi connectivity index (χ0) is 11.5. The van der Waals surface area contributed by atoms with E-state index >= 15 is 0 Å². The molecule has 0 aliphatic carbocycles. The molecule has 1 fully saturated rings. The van der Waals surface area contributed by atoms with Crippen LogP contribution in [0.15, 0.2) is 18.2 Å². The molecule has 4 heteroatoms. The molecule has 1 N–H and O–H groups in total. The molecule has 0 radical (unpaired) electrons. The van der Waals surface area contributed by atoms with Crippen LogP contribution in [0.5, 0.6) is 0 Å². The van der Waals surface area contributed by atoms with Gasteiger partial charge in [0.1, 0.15) is 5.82 Å². The lowest BCUT2D eigenvalue weighted by atomic mass is 10.1. The Labute approximate surface area is 99.6 Å². The van der Waals surface area contributed by atoms with E-state index in [1.165, 1.54) is 12.1 Å². The highest BCUT2D eigenvalue weighted by atomic mass is 35.5. The second kappa shape index (κ2) is 5.13. The number of hydrogen-bond donors (Lipinski definition) is 1. The number of benzene rings is 1. The van der Waals surface area contributed by atoms with E-state index < -0.39 is 0 Å². The molecule has 2 nitrogen and oxygen atoms in total. The molecule has 1 aliphatic heterocycles. The Kier molecular flexibility index (Phi) is 3.79. The maximum absolute atomic E-state index is 12.8. The normalized spacial score (nSPS) is 18.9. The Morgan fingerprint density at radius 3 is 2.69 bits per heavy atom. The summed E-state index contributed by atoms with van der Waals surface area (Å²) in [6.45, 7) is 2.47. The van der Waals surface area contributed by atoms with Gasteiger partial charge in [-0.2, -0.15) is 0 Å². The number of aliphatic hydroxyl groups is 1. The van der Waals surface area contributed by atoms with E-state index in [9.17, 15) is 9.50 Å². The van der Waals surface area contributed by atoms with E-state index in [0.717, 1.165) is 38.0 Å². The standard InChI is InChI=1S/C12H15ClFNO/c13-12-7-10(14)2-1-9(12)8-15-5-3-11(16)4-6-15/h1-2,7,11,16H,3-6,8H2. The number of halogens is 2. The van der Waals surface area contributed by atoms with Gasteiger partial charge in [-0.15, -0.1) is 0 Å². The molecule has 1 aromatic carbocycles. The zero-order valence-corrected chi connectivity index (χ0v) is 9.75. The van der Waals surface area contributed by atoms with Crippen LogP contribution in [0.3, 0.4) is 0 Å². The van der Waals surface area contributed by atoms with Gasteiger partial charge >= 0.3 is 0 Å². The summed E-state index contributed by atoms with van der Waals surface area (Å²) in [5, 5.41) is 9.86. The van der Waals surface area contributed by atoms with Gasteiger partial charge in [0.25, 0.3) is 0 Å². The lowest BCUT2D eigenvalue weighted by molar-refractivity contribution is 0.0792. The number of rotatable bonds is 2. The van der Waals surface area contributed by atoms with E-state index in [1.54, 1.807) is 6.07 Å². The predicted octanol–water partition coefficient (Wildman–Crippen LogP) is 2.44. The molecule has 0 unspecified atom stereocenters. The van der Waals surface area contributed by atoms with Crippen molar-refractivity contribution in [2.75, 3.05) is 13.1 Å². The van der Waals surface area contributed by atoms with Crippen molar-refractivity contribution >= 4 is 11.6 Å². The van der Waals surface area contributed by atoms with Crippen LogP contribution in [0.25, 0.3) is 0 Å². The van der Waals surface area contributed by atoms with Crippen LogP contribution in [0, 0.1) is 5.82 Å². The van der Waals surface area contributed by atoms with Crippen molar-refractivity contribution in [3.8, 4) is 0 Å². The highest BCUT2D eigenvalue weighted by Crippen LogP contribution is 2.21. The van der Waals surface area contributed by atoms with Crippen molar-refractivity contribution in [2.24, 2.45) is 0 Å². The molecule has 88 valence electrons. The molecule has 1 heterocycles. The second-order valence-electron chi connectivity index (χ2n) is 4.24. The van der Waals surface area contributed by atoms with Gasteiger partial charge < -0.3 is 5.11 Å². The SMILES string of the molecule is OC1CCN(Cc2ccc(F)cc2Cl)CC1. The molecular weight excluding hydrogens is 229 g/mol. The summed E-state index contributed by atoms with van der Waals surface area (Å²) >= 11 is 5.96. The Morgan fingerprint density at radius 2 is 2.06 bits per heavy atom. The lowest BCUT2D eigenvalue weighted by Gasteiger charge is -2.29. The number of hydrogen-bond acceptors (Lipinski definition) is 2. The highest BCUT2D eigenvalue weighted by Gasteiger charge is 2.17. The molecule has 1 aliphatic rings. The Hall–Kier alpha value is -0.640. The van der Waals surface area contributed by atoms with Crippen LogP contribution >= 0.6 is 11.6 Å². The maximum Gasteiger partial charge on any atom is 0.124 e. The van der Waals surface area contributed by atoms with Crippen LogP contribution in [-0.4, -0.2) is 29.2 Å². The van der Waals surface area contributed by atoms with Gasteiger partial charge in [0.05, 0.1) is 6.10 Å². The van der Waals surface area contributed by atoms with Crippen molar-refractivity contribution in [3.63, 3.8) is 0 Å². The Bertz CT molecular complexity index is 364. The number of nitrogens with zero attached hydrogens (tertiary/aromatic N) is 1. The fraction of sp³-hybridized carbons (Fsp3) is 0.500. The van der Waals surface area contributed by atoms with Gasteiger partial charge in [-0.25, -0.2) is 4.39 Å². The molecule has 16 heavy (non-hydrogen) atoms. The van der Waals surface area contributed by atoms with Gasteiger partial charge in [-0.1, -0.05) is 17.7 Å². The van der Waals surface area contributed by atoms with E-state index in [2.05, 4.69) is 4.90 Å². The van der Waals surface area contributed by atoms with Crippen molar-refractivity contribution < 1.29 is 9.50 Å². The number of piperidine rings is 1. The topological polar surface area (TPSA) is 23.5 Å². The first-order valence-corrected chi connectivity index (χ1v) is 5.87. The zero-order valence-electron chi connectivity index (χ0n) is 9.00.